The maximum atomic E-state index is 12.2. The second kappa shape index (κ2) is 5.49. The summed E-state index contributed by atoms with van der Waals surface area (Å²) in [5, 5.41) is 1.88. The van der Waals surface area contributed by atoms with Crippen LogP contribution >= 0.6 is 49.9 Å². The van der Waals surface area contributed by atoms with Gasteiger partial charge < -0.3 is 4.74 Å². The van der Waals surface area contributed by atoms with E-state index in [1.165, 1.54) is 0 Å². The maximum Gasteiger partial charge on any atom is 0.193 e. The lowest BCUT2D eigenvalue weighted by Crippen LogP contribution is -1.99. The highest BCUT2D eigenvalue weighted by Gasteiger charge is 2.12. The molecule has 2 nitrogen and oxygen atoms in total. The average Bonchev–Trinajstić information content (AvgIpc) is 2.75. The van der Waals surface area contributed by atoms with Gasteiger partial charge in [0.2, 0.25) is 0 Å². The predicted octanol–water partition coefficient (Wildman–Crippen LogP) is 4.35. The van der Waals surface area contributed by atoms with E-state index in [1.807, 2.05) is 11.4 Å². The highest BCUT2D eigenvalue weighted by molar-refractivity contribution is 14.1. The second-order valence-electron chi connectivity index (χ2n) is 3.32. The molecule has 0 aliphatic carbocycles. The molecule has 0 saturated heterocycles. The molecule has 2 rings (SSSR count). The lowest BCUT2D eigenvalue weighted by atomic mass is 10.1. The van der Waals surface area contributed by atoms with E-state index in [4.69, 9.17) is 4.74 Å². The molecule has 0 N–H and O–H groups in total. The quantitative estimate of drug-likeness (QED) is 0.542. The highest BCUT2D eigenvalue weighted by atomic mass is 127. The van der Waals surface area contributed by atoms with Crippen molar-refractivity contribution in [3.63, 3.8) is 0 Å². The molecule has 0 atom stereocenters. The van der Waals surface area contributed by atoms with Gasteiger partial charge in [0, 0.05) is 16.5 Å². The molecule has 0 fully saturated rings. The monoisotopic (exact) mass is 422 g/mol. The molecular weight excluding hydrogens is 415 g/mol. The van der Waals surface area contributed by atoms with Gasteiger partial charge in [-0.25, -0.2) is 0 Å². The number of carbonyl (C=O) groups is 1. The van der Waals surface area contributed by atoms with Gasteiger partial charge in [-0.2, -0.15) is 0 Å². The number of benzene rings is 1. The van der Waals surface area contributed by atoms with E-state index < -0.39 is 0 Å². The minimum absolute atomic E-state index is 0.0347. The number of thiophene rings is 1. The van der Waals surface area contributed by atoms with Crippen molar-refractivity contribution in [2.45, 2.75) is 0 Å². The Labute approximate surface area is 125 Å². The summed E-state index contributed by atoms with van der Waals surface area (Å²) in [5.74, 6) is 0.758. The van der Waals surface area contributed by atoms with Gasteiger partial charge >= 0.3 is 0 Å². The summed E-state index contributed by atoms with van der Waals surface area (Å²) >= 11 is 7.15. The molecule has 0 radical (unpaired) electrons. The van der Waals surface area contributed by atoms with Crippen LogP contribution in [0.3, 0.4) is 0 Å². The van der Waals surface area contributed by atoms with Crippen molar-refractivity contribution in [3.8, 4) is 5.75 Å². The molecule has 0 unspecified atom stereocenters. The van der Waals surface area contributed by atoms with Crippen LogP contribution in [0.2, 0.25) is 0 Å². The Morgan fingerprint density at radius 3 is 2.65 bits per heavy atom. The zero-order valence-corrected chi connectivity index (χ0v) is 13.4. The van der Waals surface area contributed by atoms with Gasteiger partial charge in [0.15, 0.2) is 5.78 Å². The molecule has 0 spiro atoms. The van der Waals surface area contributed by atoms with E-state index in [2.05, 4.69) is 38.5 Å². The zero-order chi connectivity index (χ0) is 12.4. The van der Waals surface area contributed by atoms with Gasteiger partial charge in [-0.05, 0) is 62.8 Å². The molecule has 17 heavy (non-hydrogen) atoms. The van der Waals surface area contributed by atoms with Crippen LogP contribution in [0.15, 0.2) is 34.1 Å². The first-order valence-corrected chi connectivity index (χ1v) is 7.49. The van der Waals surface area contributed by atoms with Crippen molar-refractivity contribution in [2.24, 2.45) is 0 Å². The van der Waals surface area contributed by atoms with Gasteiger partial charge in [-0.15, -0.1) is 11.3 Å². The lowest BCUT2D eigenvalue weighted by Gasteiger charge is -2.04. The second-order valence-corrected chi connectivity index (χ2v) is 6.98. The van der Waals surface area contributed by atoms with Crippen LogP contribution in [0.1, 0.15) is 15.9 Å². The van der Waals surface area contributed by atoms with E-state index in [-0.39, 0.29) is 5.78 Å². The fourth-order valence-electron chi connectivity index (χ4n) is 1.40. The molecule has 1 heterocycles. The van der Waals surface area contributed by atoms with Crippen LogP contribution in [-0.2, 0) is 0 Å². The summed E-state index contributed by atoms with van der Waals surface area (Å²) in [6.07, 6.45) is 0. The number of ketones is 1. The number of halogens is 2. The summed E-state index contributed by atoms with van der Waals surface area (Å²) in [7, 11) is 1.60. The Hall–Kier alpha value is -0.400. The molecule has 88 valence electrons. The predicted molar refractivity (Wildman–Crippen MR) is 81.2 cm³/mol. The molecule has 0 aliphatic heterocycles. The van der Waals surface area contributed by atoms with Gasteiger partial charge in [0.25, 0.3) is 0 Å². The van der Waals surface area contributed by atoms with E-state index in [9.17, 15) is 4.79 Å². The van der Waals surface area contributed by atoms with E-state index in [1.54, 1.807) is 36.6 Å². The van der Waals surface area contributed by atoms with Crippen LogP contribution in [-0.4, -0.2) is 12.9 Å². The molecule has 0 saturated carbocycles. The molecule has 0 bridgehead atoms. The van der Waals surface area contributed by atoms with Crippen LogP contribution in [0.5, 0.6) is 5.75 Å². The van der Waals surface area contributed by atoms with Crippen molar-refractivity contribution >= 4 is 55.6 Å². The Morgan fingerprint density at radius 2 is 2.12 bits per heavy atom. The summed E-state index contributed by atoms with van der Waals surface area (Å²) in [4.78, 5) is 12.2. The van der Waals surface area contributed by atoms with Crippen LogP contribution < -0.4 is 4.74 Å². The third-order valence-corrected chi connectivity index (χ3v) is 4.65. The van der Waals surface area contributed by atoms with Crippen LogP contribution in [0.25, 0.3) is 0 Å². The fourth-order valence-corrected chi connectivity index (χ4v) is 3.27. The SMILES string of the molecule is COc1ccc(C(=O)c2csc(I)c2)cc1Br. The number of ether oxygens (including phenoxy) is 1. The smallest absolute Gasteiger partial charge is 0.193 e. The lowest BCUT2D eigenvalue weighted by molar-refractivity contribution is 0.103. The average molecular weight is 423 g/mol. The Morgan fingerprint density at radius 1 is 1.35 bits per heavy atom. The molecule has 1 aromatic heterocycles. The van der Waals surface area contributed by atoms with Gasteiger partial charge in [0.05, 0.1) is 14.5 Å². The first-order chi connectivity index (χ1) is 8.11. The summed E-state index contributed by atoms with van der Waals surface area (Å²) < 4.78 is 7.03. The fraction of sp³-hybridized carbons (Fsp3) is 0.0833. The van der Waals surface area contributed by atoms with E-state index >= 15 is 0 Å². The van der Waals surface area contributed by atoms with Crippen LogP contribution in [0.4, 0.5) is 0 Å². The standard InChI is InChI=1S/C12H8BrIO2S/c1-16-10-3-2-7(4-9(10)13)12(15)8-5-11(14)17-6-8/h2-6H,1H3. The maximum absolute atomic E-state index is 12.2. The number of carbonyl (C=O) groups excluding carboxylic acids is 1. The molecule has 2 aromatic rings. The largest absolute Gasteiger partial charge is 0.496 e. The molecule has 0 aliphatic rings. The topological polar surface area (TPSA) is 26.3 Å². The highest BCUT2D eigenvalue weighted by Crippen LogP contribution is 2.27. The van der Waals surface area contributed by atoms with Gasteiger partial charge in [-0.3, -0.25) is 4.79 Å². The van der Waals surface area contributed by atoms with Crippen molar-refractivity contribution in [2.75, 3.05) is 7.11 Å². The molecule has 1 aromatic carbocycles. The van der Waals surface area contributed by atoms with Crippen LogP contribution in [0, 0.1) is 2.88 Å². The third kappa shape index (κ3) is 2.89. The summed E-state index contributed by atoms with van der Waals surface area (Å²) in [6, 6.07) is 7.24. The molecule has 5 heteroatoms. The number of hydrogen-bond acceptors (Lipinski definition) is 3. The van der Waals surface area contributed by atoms with Crippen molar-refractivity contribution < 1.29 is 9.53 Å². The Kier molecular flexibility index (Phi) is 4.22. The van der Waals surface area contributed by atoms with Crippen molar-refractivity contribution in [3.05, 3.63) is 48.1 Å². The van der Waals surface area contributed by atoms with E-state index in [0.717, 1.165) is 18.7 Å². The van der Waals surface area contributed by atoms with Crippen molar-refractivity contribution in [1.29, 1.82) is 0 Å². The van der Waals surface area contributed by atoms with Crippen molar-refractivity contribution in [1.82, 2.24) is 0 Å². The molecule has 0 amide bonds. The number of rotatable bonds is 3. The number of methoxy groups -OCH3 is 1. The number of hydrogen-bond donors (Lipinski definition) is 0. The zero-order valence-electron chi connectivity index (χ0n) is 8.87. The minimum atomic E-state index is 0.0347. The Bertz CT molecular complexity index is 565. The summed E-state index contributed by atoms with van der Waals surface area (Å²) in [6.45, 7) is 0. The summed E-state index contributed by atoms with van der Waals surface area (Å²) in [5.41, 5.74) is 1.39. The molecular formula is C12H8BrIO2S. The first-order valence-electron chi connectivity index (χ1n) is 4.74. The first kappa shape index (κ1) is 13.0. The Balaban J connectivity index is 2.35. The third-order valence-electron chi connectivity index (χ3n) is 2.24. The van der Waals surface area contributed by atoms with Gasteiger partial charge in [-0.1, -0.05) is 0 Å². The normalized spacial score (nSPS) is 10.3. The minimum Gasteiger partial charge on any atom is -0.496 e. The van der Waals surface area contributed by atoms with E-state index in [0.29, 0.717) is 5.56 Å². The van der Waals surface area contributed by atoms with Gasteiger partial charge in [0.1, 0.15) is 5.75 Å².